The second-order valence-electron chi connectivity index (χ2n) is 3.96. The minimum atomic E-state index is -0.917. The lowest BCUT2D eigenvalue weighted by atomic mass is 10.1. The maximum Gasteiger partial charge on any atom is 0.307 e. The van der Waals surface area contributed by atoms with Gasteiger partial charge < -0.3 is 15.4 Å². The SMILES string of the molecule is O=C(O)Cc1cccc(NC(=O)c2cc(Cl)c[nH]2)c1. The van der Waals surface area contributed by atoms with Crippen LogP contribution in [0.15, 0.2) is 36.5 Å². The molecule has 0 atom stereocenters. The predicted octanol–water partition coefficient (Wildman–Crippen LogP) is 2.55. The van der Waals surface area contributed by atoms with Crippen LogP contribution >= 0.6 is 11.6 Å². The fraction of sp³-hybridized carbons (Fsp3) is 0.0769. The van der Waals surface area contributed by atoms with Crippen molar-refractivity contribution in [1.82, 2.24) is 4.98 Å². The molecule has 0 aliphatic carbocycles. The van der Waals surface area contributed by atoms with Crippen LogP contribution in [0, 0.1) is 0 Å². The van der Waals surface area contributed by atoms with E-state index in [-0.39, 0.29) is 12.3 Å². The molecule has 0 radical (unpaired) electrons. The number of hydrogen-bond donors (Lipinski definition) is 3. The number of anilines is 1. The second kappa shape index (κ2) is 5.58. The average molecular weight is 279 g/mol. The minimum absolute atomic E-state index is 0.0853. The highest BCUT2D eigenvalue weighted by Crippen LogP contribution is 2.14. The molecule has 1 heterocycles. The fourth-order valence-electron chi connectivity index (χ4n) is 1.63. The largest absolute Gasteiger partial charge is 0.481 e. The van der Waals surface area contributed by atoms with Gasteiger partial charge in [-0.1, -0.05) is 23.7 Å². The molecular formula is C13H11ClN2O3. The van der Waals surface area contributed by atoms with Crippen molar-refractivity contribution in [1.29, 1.82) is 0 Å². The first kappa shape index (κ1) is 13.2. The van der Waals surface area contributed by atoms with Gasteiger partial charge in [0.15, 0.2) is 0 Å². The number of carbonyl (C=O) groups is 2. The zero-order chi connectivity index (χ0) is 13.8. The maximum absolute atomic E-state index is 11.8. The summed E-state index contributed by atoms with van der Waals surface area (Å²) in [4.78, 5) is 25.2. The predicted molar refractivity (Wildman–Crippen MR) is 71.5 cm³/mol. The quantitative estimate of drug-likeness (QED) is 0.804. The molecule has 6 heteroatoms. The van der Waals surface area contributed by atoms with Crippen LogP contribution in [0.4, 0.5) is 5.69 Å². The summed E-state index contributed by atoms with van der Waals surface area (Å²) in [5.74, 6) is -1.25. The third-order valence-electron chi connectivity index (χ3n) is 2.43. The Balaban J connectivity index is 2.10. The van der Waals surface area contributed by atoms with E-state index in [1.807, 2.05) is 0 Å². The van der Waals surface area contributed by atoms with Gasteiger partial charge in [0, 0.05) is 11.9 Å². The summed E-state index contributed by atoms with van der Waals surface area (Å²) < 4.78 is 0. The van der Waals surface area contributed by atoms with Gasteiger partial charge in [0.2, 0.25) is 0 Å². The summed E-state index contributed by atoms with van der Waals surface area (Å²) >= 11 is 5.71. The van der Waals surface area contributed by atoms with Gasteiger partial charge in [0.1, 0.15) is 5.69 Å². The van der Waals surface area contributed by atoms with Gasteiger partial charge in [0.25, 0.3) is 5.91 Å². The van der Waals surface area contributed by atoms with E-state index in [2.05, 4.69) is 10.3 Å². The van der Waals surface area contributed by atoms with Gasteiger partial charge in [-0.3, -0.25) is 9.59 Å². The lowest BCUT2D eigenvalue weighted by molar-refractivity contribution is -0.136. The number of halogens is 1. The molecule has 0 fully saturated rings. The highest BCUT2D eigenvalue weighted by atomic mass is 35.5. The van der Waals surface area contributed by atoms with Gasteiger partial charge in [-0.05, 0) is 23.8 Å². The molecule has 19 heavy (non-hydrogen) atoms. The number of aromatic nitrogens is 1. The van der Waals surface area contributed by atoms with Gasteiger partial charge in [0.05, 0.1) is 11.4 Å². The van der Waals surface area contributed by atoms with Crippen molar-refractivity contribution in [2.24, 2.45) is 0 Å². The smallest absolute Gasteiger partial charge is 0.307 e. The molecule has 1 amide bonds. The zero-order valence-corrected chi connectivity index (χ0v) is 10.6. The van der Waals surface area contributed by atoms with Crippen molar-refractivity contribution in [2.45, 2.75) is 6.42 Å². The van der Waals surface area contributed by atoms with Crippen LogP contribution in [-0.4, -0.2) is 22.0 Å². The molecule has 0 spiro atoms. The first-order valence-corrected chi connectivity index (χ1v) is 5.88. The van der Waals surface area contributed by atoms with Gasteiger partial charge >= 0.3 is 5.97 Å². The van der Waals surface area contributed by atoms with Crippen molar-refractivity contribution in [3.63, 3.8) is 0 Å². The molecule has 0 bridgehead atoms. The van der Waals surface area contributed by atoms with E-state index in [0.717, 1.165) is 0 Å². The maximum atomic E-state index is 11.8. The molecule has 0 aliphatic rings. The molecule has 0 unspecified atom stereocenters. The molecule has 3 N–H and O–H groups in total. The van der Waals surface area contributed by atoms with Crippen LogP contribution < -0.4 is 5.32 Å². The molecule has 2 rings (SSSR count). The molecule has 0 saturated heterocycles. The fourth-order valence-corrected chi connectivity index (χ4v) is 1.79. The van der Waals surface area contributed by atoms with Crippen molar-refractivity contribution in [2.75, 3.05) is 5.32 Å². The summed E-state index contributed by atoms with van der Waals surface area (Å²) in [6.07, 6.45) is 1.43. The summed E-state index contributed by atoms with van der Waals surface area (Å²) in [5, 5.41) is 11.8. The van der Waals surface area contributed by atoms with Gasteiger partial charge in [-0.25, -0.2) is 0 Å². The van der Waals surface area contributed by atoms with Crippen LogP contribution in [0.5, 0.6) is 0 Å². The molecule has 1 aromatic heterocycles. The van der Waals surface area contributed by atoms with E-state index in [4.69, 9.17) is 16.7 Å². The Labute approximate surface area is 114 Å². The Kier molecular flexibility index (Phi) is 3.87. The molecule has 1 aromatic carbocycles. The molecule has 5 nitrogen and oxygen atoms in total. The summed E-state index contributed by atoms with van der Waals surface area (Å²) in [6.45, 7) is 0. The van der Waals surface area contributed by atoms with Crippen molar-refractivity contribution in [3.8, 4) is 0 Å². The van der Waals surface area contributed by atoms with E-state index in [9.17, 15) is 9.59 Å². The number of rotatable bonds is 4. The number of H-pyrrole nitrogens is 1. The monoisotopic (exact) mass is 278 g/mol. The lowest BCUT2D eigenvalue weighted by Gasteiger charge is -2.05. The highest BCUT2D eigenvalue weighted by molar-refractivity contribution is 6.31. The van der Waals surface area contributed by atoms with Crippen LogP contribution in [-0.2, 0) is 11.2 Å². The number of carboxylic acid groups (broad SMARTS) is 1. The first-order valence-electron chi connectivity index (χ1n) is 5.50. The number of nitrogens with one attached hydrogen (secondary N) is 2. The van der Waals surface area contributed by atoms with Gasteiger partial charge in [-0.15, -0.1) is 0 Å². The van der Waals surface area contributed by atoms with Crippen molar-refractivity contribution < 1.29 is 14.7 Å². The molecular weight excluding hydrogens is 268 g/mol. The highest BCUT2D eigenvalue weighted by Gasteiger charge is 2.09. The van der Waals surface area contributed by atoms with Crippen LogP contribution in [0.25, 0.3) is 0 Å². The van der Waals surface area contributed by atoms with E-state index >= 15 is 0 Å². The molecule has 98 valence electrons. The van der Waals surface area contributed by atoms with Crippen molar-refractivity contribution >= 4 is 29.2 Å². The Bertz CT molecular complexity index is 622. The summed E-state index contributed by atoms with van der Waals surface area (Å²) in [6, 6.07) is 8.20. The number of benzene rings is 1. The van der Waals surface area contributed by atoms with Crippen LogP contribution in [0.1, 0.15) is 16.1 Å². The first-order chi connectivity index (χ1) is 9.04. The minimum Gasteiger partial charge on any atom is -0.481 e. The number of amides is 1. The summed E-state index contributed by atoms with van der Waals surface area (Å²) in [5.41, 5.74) is 1.50. The topological polar surface area (TPSA) is 82.2 Å². The van der Waals surface area contributed by atoms with E-state index in [1.54, 1.807) is 24.3 Å². The van der Waals surface area contributed by atoms with Gasteiger partial charge in [-0.2, -0.15) is 0 Å². The zero-order valence-electron chi connectivity index (χ0n) is 9.81. The average Bonchev–Trinajstić information content (AvgIpc) is 2.75. The number of carboxylic acids is 1. The Morgan fingerprint density at radius 1 is 1.32 bits per heavy atom. The van der Waals surface area contributed by atoms with E-state index < -0.39 is 5.97 Å². The molecule has 0 aliphatic heterocycles. The number of carbonyl (C=O) groups excluding carboxylic acids is 1. The third kappa shape index (κ3) is 3.59. The molecule has 2 aromatic rings. The second-order valence-corrected chi connectivity index (χ2v) is 4.39. The van der Waals surface area contributed by atoms with E-state index in [0.29, 0.717) is 22.0 Å². The Morgan fingerprint density at radius 2 is 2.11 bits per heavy atom. The summed E-state index contributed by atoms with van der Waals surface area (Å²) in [7, 11) is 0. The number of aliphatic carboxylic acids is 1. The number of hydrogen-bond acceptors (Lipinski definition) is 2. The standard InChI is InChI=1S/C13H11ClN2O3/c14-9-6-11(15-7-9)13(19)16-10-3-1-2-8(4-10)5-12(17)18/h1-4,6-7,15H,5H2,(H,16,19)(H,17,18). The normalized spacial score (nSPS) is 10.2. The molecule has 0 saturated carbocycles. The Hall–Kier alpha value is -2.27. The lowest BCUT2D eigenvalue weighted by Crippen LogP contribution is -2.12. The van der Waals surface area contributed by atoms with E-state index in [1.165, 1.54) is 12.3 Å². The number of aromatic amines is 1. The Morgan fingerprint density at radius 3 is 2.74 bits per heavy atom. The van der Waals surface area contributed by atoms with Crippen LogP contribution in [0.2, 0.25) is 5.02 Å². The third-order valence-corrected chi connectivity index (χ3v) is 2.65. The van der Waals surface area contributed by atoms with Crippen molar-refractivity contribution in [3.05, 3.63) is 52.8 Å². The van der Waals surface area contributed by atoms with Crippen LogP contribution in [0.3, 0.4) is 0 Å².